The van der Waals surface area contributed by atoms with Crippen LogP contribution in [0.5, 0.6) is 0 Å². The number of carbonyl (C=O) groups is 2. The minimum absolute atomic E-state index is 0.0198. The highest BCUT2D eigenvalue weighted by Gasteiger charge is 2.16. The molecule has 0 aromatic carbocycles. The summed E-state index contributed by atoms with van der Waals surface area (Å²) in [5, 5.41) is 2.77. The fourth-order valence-electron chi connectivity index (χ4n) is 1.38. The van der Waals surface area contributed by atoms with Gasteiger partial charge < -0.3 is 15.0 Å². The average molecular weight is 258 g/mol. The topological polar surface area (TPSA) is 58.6 Å². The van der Waals surface area contributed by atoms with Crippen molar-refractivity contribution in [3.63, 3.8) is 0 Å². The average Bonchev–Trinajstić information content (AvgIpc) is 2.32. The van der Waals surface area contributed by atoms with Crippen molar-refractivity contribution in [3.8, 4) is 0 Å². The quantitative estimate of drug-likeness (QED) is 0.675. The molecule has 0 spiro atoms. The zero-order chi connectivity index (χ0) is 14.0. The standard InChI is InChI=1S/C13H26N2O3/c1-5-7-14-12(16)9-15(8-6-2)13(17)10-18-11(3)4/h11H,5-10H2,1-4H3,(H,14,16). The van der Waals surface area contributed by atoms with Gasteiger partial charge in [0.05, 0.1) is 12.6 Å². The number of hydrogen-bond acceptors (Lipinski definition) is 3. The zero-order valence-electron chi connectivity index (χ0n) is 12.0. The number of hydrogen-bond donors (Lipinski definition) is 1. The molecule has 1 N–H and O–H groups in total. The van der Waals surface area contributed by atoms with Crippen LogP contribution in [0.4, 0.5) is 0 Å². The maximum absolute atomic E-state index is 11.9. The van der Waals surface area contributed by atoms with Gasteiger partial charge in [0, 0.05) is 13.1 Å². The molecule has 0 fully saturated rings. The van der Waals surface area contributed by atoms with Crippen LogP contribution >= 0.6 is 0 Å². The van der Waals surface area contributed by atoms with Gasteiger partial charge in [-0.3, -0.25) is 9.59 Å². The van der Waals surface area contributed by atoms with Gasteiger partial charge in [-0.25, -0.2) is 0 Å². The molecule has 2 amide bonds. The molecule has 0 aliphatic carbocycles. The molecule has 5 heteroatoms. The molecule has 0 saturated carbocycles. The van der Waals surface area contributed by atoms with Crippen molar-refractivity contribution in [2.75, 3.05) is 26.2 Å². The minimum atomic E-state index is -0.128. The molecule has 0 rings (SSSR count). The highest BCUT2D eigenvalue weighted by atomic mass is 16.5. The largest absolute Gasteiger partial charge is 0.369 e. The van der Waals surface area contributed by atoms with E-state index in [1.165, 1.54) is 0 Å². The summed E-state index contributed by atoms with van der Waals surface area (Å²) in [6, 6.07) is 0. The molecule has 0 aliphatic heterocycles. The van der Waals surface area contributed by atoms with Crippen LogP contribution in [0.1, 0.15) is 40.5 Å². The van der Waals surface area contributed by atoms with E-state index in [-0.39, 0.29) is 31.1 Å². The van der Waals surface area contributed by atoms with Crippen LogP contribution in [-0.2, 0) is 14.3 Å². The van der Waals surface area contributed by atoms with E-state index in [0.717, 1.165) is 12.8 Å². The predicted octanol–water partition coefficient (Wildman–Crippen LogP) is 1.18. The summed E-state index contributed by atoms with van der Waals surface area (Å²) in [6.07, 6.45) is 1.74. The van der Waals surface area contributed by atoms with Crippen molar-refractivity contribution in [2.45, 2.75) is 46.6 Å². The number of ether oxygens (including phenoxy) is 1. The Morgan fingerprint density at radius 3 is 2.39 bits per heavy atom. The Morgan fingerprint density at radius 1 is 1.22 bits per heavy atom. The third-order valence-electron chi connectivity index (χ3n) is 2.29. The number of carbonyl (C=O) groups excluding carboxylic acids is 2. The molecular weight excluding hydrogens is 232 g/mol. The van der Waals surface area contributed by atoms with Gasteiger partial charge in [-0.15, -0.1) is 0 Å². The summed E-state index contributed by atoms with van der Waals surface area (Å²) >= 11 is 0. The lowest BCUT2D eigenvalue weighted by atomic mass is 10.3. The molecule has 0 radical (unpaired) electrons. The Morgan fingerprint density at radius 2 is 1.89 bits per heavy atom. The molecule has 0 aromatic heterocycles. The Bertz CT molecular complexity index is 255. The molecule has 0 unspecified atom stereocenters. The monoisotopic (exact) mass is 258 g/mol. The van der Waals surface area contributed by atoms with E-state index in [1.807, 2.05) is 27.7 Å². The van der Waals surface area contributed by atoms with Gasteiger partial charge in [-0.05, 0) is 26.7 Å². The van der Waals surface area contributed by atoms with Crippen molar-refractivity contribution in [3.05, 3.63) is 0 Å². The lowest BCUT2D eigenvalue weighted by Gasteiger charge is -2.22. The van der Waals surface area contributed by atoms with Gasteiger partial charge in [0.2, 0.25) is 11.8 Å². The van der Waals surface area contributed by atoms with Crippen molar-refractivity contribution in [2.24, 2.45) is 0 Å². The highest BCUT2D eigenvalue weighted by molar-refractivity contribution is 5.85. The number of nitrogens with zero attached hydrogens (tertiary/aromatic N) is 1. The third-order valence-corrected chi connectivity index (χ3v) is 2.29. The first kappa shape index (κ1) is 16.9. The van der Waals surface area contributed by atoms with E-state index < -0.39 is 0 Å². The van der Waals surface area contributed by atoms with Crippen LogP contribution in [-0.4, -0.2) is 49.1 Å². The van der Waals surface area contributed by atoms with Crippen LogP contribution in [0, 0.1) is 0 Å². The van der Waals surface area contributed by atoms with Crippen LogP contribution < -0.4 is 5.32 Å². The molecule has 0 saturated heterocycles. The van der Waals surface area contributed by atoms with E-state index >= 15 is 0 Å². The fourth-order valence-corrected chi connectivity index (χ4v) is 1.38. The van der Waals surface area contributed by atoms with Crippen molar-refractivity contribution in [1.29, 1.82) is 0 Å². The van der Waals surface area contributed by atoms with E-state index in [0.29, 0.717) is 13.1 Å². The van der Waals surface area contributed by atoms with E-state index in [4.69, 9.17) is 4.74 Å². The highest BCUT2D eigenvalue weighted by Crippen LogP contribution is 1.96. The fraction of sp³-hybridized carbons (Fsp3) is 0.846. The summed E-state index contributed by atoms with van der Waals surface area (Å²) in [5.74, 6) is -0.236. The van der Waals surface area contributed by atoms with Crippen LogP contribution in [0.25, 0.3) is 0 Å². The lowest BCUT2D eigenvalue weighted by molar-refractivity contribution is -0.141. The third kappa shape index (κ3) is 8.06. The lowest BCUT2D eigenvalue weighted by Crippen LogP contribution is -2.43. The van der Waals surface area contributed by atoms with Gasteiger partial charge in [0.25, 0.3) is 0 Å². The molecule has 0 aromatic rings. The van der Waals surface area contributed by atoms with Crippen LogP contribution in [0.3, 0.4) is 0 Å². The van der Waals surface area contributed by atoms with Gasteiger partial charge in [-0.1, -0.05) is 13.8 Å². The molecule has 5 nitrogen and oxygen atoms in total. The molecule has 18 heavy (non-hydrogen) atoms. The second kappa shape index (κ2) is 9.88. The SMILES string of the molecule is CCCNC(=O)CN(CCC)C(=O)COC(C)C. The van der Waals surface area contributed by atoms with Crippen molar-refractivity contribution >= 4 is 11.8 Å². The smallest absolute Gasteiger partial charge is 0.249 e. The van der Waals surface area contributed by atoms with E-state index in [1.54, 1.807) is 4.90 Å². The summed E-state index contributed by atoms with van der Waals surface area (Å²) in [7, 11) is 0. The Labute approximate surface area is 110 Å². The normalized spacial score (nSPS) is 10.5. The van der Waals surface area contributed by atoms with Crippen molar-refractivity contribution < 1.29 is 14.3 Å². The molecule has 0 aliphatic rings. The van der Waals surface area contributed by atoms with Gasteiger partial charge >= 0.3 is 0 Å². The zero-order valence-corrected chi connectivity index (χ0v) is 12.0. The number of nitrogens with one attached hydrogen (secondary N) is 1. The second-order valence-electron chi connectivity index (χ2n) is 4.53. The summed E-state index contributed by atoms with van der Waals surface area (Å²) in [6.45, 7) is 9.12. The summed E-state index contributed by atoms with van der Waals surface area (Å²) in [5.41, 5.74) is 0. The van der Waals surface area contributed by atoms with E-state index in [9.17, 15) is 9.59 Å². The minimum Gasteiger partial charge on any atom is -0.369 e. The first-order chi connectivity index (χ1) is 8.51. The first-order valence-corrected chi connectivity index (χ1v) is 6.67. The number of amides is 2. The van der Waals surface area contributed by atoms with E-state index in [2.05, 4.69) is 5.32 Å². The maximum atomic E-state index is 11.9. The Balaban J connectivity index is 4.19. The van der Waals surface area contributed by atoms with Gasteiger partial charge in [0.1, 0.15) is 6.61 Å². The van der Waals surface area contributed by atoms with Crippen LogP contribution in [0.15, 0.2) is 0 Å². The predicted molar refractivity (Wildman–Crippen MR) is 71.3 cm³/mol. The molecule has 0 heterocycles. The molecule has 106 valence electrons. The summed E-state index contributed by atoms with van der Waals surface area (Å²) in [4.78, 5) is 25.0. The number of rotatable bonds is 9. The molecular formula is C13H26N2O3. The van der Waals surface area contributed by atoms with Crippen LogP contribution in [0.2, 0.25) is 0 Å². The molecule has 0 bridgehead atoms. The van der Waals surface area contributed by atoms with Gasteiger partial charge in [-0.2, -0.15) is 0 Å². The van der Waals surface area contributed by atoms with Gasteiger partial charge in [0.15, 0.2) is 0 Å². The Kier molecular flexibility index (Phi) is 9.28. The van der Waals surface area contributed by atoms with Crippen molar-refractivity contribution in [1.82, 2.24) is 10.2 Å². The maximum Gasteiger partial charge on any atom is 0.249 e. The second-order valence-corrected chi connectivity index (χ2v) is 4.53. The Hall–Kier alpha value is -1.10. The molecule has 0 atom stereocenters. The summed E-state index contributed by atoms with van der Waals surface area (Å²) < 4.78 is 5.27. The first-order valence-electron chi connectivity index (χ1n) is 6.67.